The number of hydrogen-bond acceptors (Lipinski definition) is 36. The summed E-state index contributed by atoms with van der Waals surface area (Å²) in [5, 5.41) is 199. The maximum atomic E-state index is 13.8. The van der Waals surface area contributed by atoms with E-state index in [0.717, 1.165) is 32.0 Å². The van der Waals surface area contributed by atoms with Crippen molar-refractivity contribution in [2.45, 2.75) is 234 Å². The van der Waals surface area contributed by atoms with Crippen LogP contribution in [0.1, 0.15) is 50.0 Å². The van der Waals surface area contributed by atoms with Gasteiger partial charge in [0, 0.05) is 48.2 Å². The highest BCUT2D eigenvalue weighted by Crippen LogP contribution is 2.43. The first-order valence-electron chi connectivity index (χ1n) is 35.1. The van der Waals surface area contributed by atoms with Crippen LogP contribution in [0.5, 0.6) is 0 Å². The second-order valence-electron chi connectivity index (χ2n) is 28.0. The van der Waals surface area contributed by atoms with Crippen molar-refractivity contribution in [3.05, 3.63) is 83.9 Å². The van der Waals surface area contributed by atoms with Crippen molar-refractivity contribution in [2.24, 2.45) is 5.92 Å². The zero-order valence-corrected chi connectivity index (χ0v) is 61.7. The zero-order chi connectivity index (χ0) is 82.2. The fourth-order valence-corrected chi connectivity index (χ4v) is 15.8. The molecule has 29 unspecified atom stereocenters. The zero-order valence-electron chi connectivity index (χ0n) is 60.1. The van der Waals surface area contributed by atoms with E-state index >= 15 is 0 Å². The lowest BCUT2D eigenvalue weighted by Crippen LogP contribution is -2.72. The van der Waals surface area contributed by atoms with E-state index in [4.69, 9.17) is 52.1 Å². The Kier molecular flexibility index (Phi) is 28.2. The van der Waals surface area contributed by atoms with Crippen LogP contribution in [0, 0.1) is 12.8 Å². The second-order valence-corrected chi connectivity index (χ2v) is 30.8. The van der Waals surface area contributed by atoms with Crippen LogP contribution in [0.3, 0.4) is 0 Å². The molecule has 0 radical (unpaired) electrons. The summed E-state index contributed by atoms with van der Waals surface area (Å²) in [4.78, 5) is 52.1. The Bertz CT molecular complexity index is 4200. The number of carboxylic acid groups (broad SMARTS) is 1. The van der Waals surface area contributed by atoms with Gasteiger partial charge in [0.1, 0.15) is 138 Å². The van der Waals surface area contributed by atoms with Gasteiger partial charge in [0.2, 0.25) is 11.8 Å². The highest BCUT2D eigenvalue weighted by Gasteiger charge is 2.62. The molecule has 6 saturated heterocycles. The molecule has 0 bridgehead atoms. The first-order chi connectivity index (χ1) is 52.7. The van der Waals surface area contributed by atoms with E-state index in [9.17, 15) is 132 Å². The number of carbonyl (C=O) groups is 4. The van der Waals surface area contributed by atoms with Gasteiger partial charge < -0.3 is 160 Å². The molecule has 4 aromatic rings. The summed E-state index contributed by atoms with van der Waals surface area (Å²) in [5.41, 5.74) is 1.15. The molecule has 6 fully saturated rings. The maximum absolute atomic E-state index is 13.8. The van der Waals surface area contributed by atoms with Gasteiger partial charge in [0.15, 0.2) is 31.4 Å². The molecule has 0 spiro atoms. The third-order valence-corrected chi connectivity index (χ3v) is 22.0. The highest BCUT2D eigenvalue weighted by molar-refractivity contribution is 7.86. The van der Waals surface area contributed by atoms with Crippen LogP contribution in [0.4, 0.5) is 11.4 Å². The summed E-state index contributed by atoms with van der Waals surface area (Å²) < 4.78 is 136. The summed E-state index contributed by atoms with van der Waals surface area (Å²) in [5.74, 6) is -8.98. The molecule has 624 valence electrons. The van der Waals surface area contributed by atoms with Crippen LogP contribution < -0.4 is 21.3 Å². The van der Waals surface area contributed by atoms with Gasteiger partial charge in [0.25, 0.3) is 31.9 Å². The Morgan fingerprint density at radius 1 is 0.562 bits per heavy atom. The van der Waals surface area contributed by atoms with Gasteiger partial charge >= 0.3 is 5.97 Å². The number of carbonyl (C=O) groups excluding carboxylic acids is 3. The molecule has 10 rings (SSSR count). The van der Waals surface area contributed by atoms with E-state index in [1.54, 1.807) is 24.3 Å². The average molecular weight is 1640 g/mol. The molecule has 0 saturated carbocycles. The molecule has 4 aromatic carbocycles. The standard InChI is InChI=1S/C68H92N4O38S2/c1-24-15-33-41(111(94,95)96)14-13-34(43(33)42(16-24)112(97,98)99)72-61(91)30-11-9-29(10-12-30)31-7-6-8-32(17-31)71-62-44(69-27(4)78)50(86)56(39(22-76)101-62)105-65-53(89)59(48(84)37(20-74)102-65)108-63-45(70-28(5)79)58(57(40(23-77)104-63)106-64-52(88)51(87)46(82)26(3)100-64)107-66-54(90)60(49(85)38(21-75)103-66)110-68(67(92)93)18-35(80)25(2)55(109-68)47(83)36(81)19-73/h6-17,25-26,35-40,44-60,62-66,71,73-77,80-90H,18-23H2,1-5H3,(H,69,78)(H,70,79)(H,72,91)(H,92,93)(H,94,95,96)(H,97,98,99)/t25?,26?,35?,36-,37?,38?,39?,40?,44?,45?,46?,47-,48?,49?,50?,51?,52?,53?,54?,55?,56?,57?,58?,59?,60?,62?,63?,64?,65?,66?,68?/m0/s1. The summed E-state index contributed by atoms with van der Waals surface area (Å²) >= 11 is 0. The number of ether oxygens (including phenoxy) is 11. The van der Waals surface area contributed by atoms with Crippen LogP contribution in [-0.4, -0.2) is 353 Å². The molecular weight excluding hydrogens is 1540 g/mol. The number of anilines is 2. The van der Waals surface area contributed by atoms with Gasteiger partial charge in [0.05, 0.1) is 57.0 Å². The number of benzene rings is 4. The number of fused-ring (bicyclic) bond motifs is 1. The number of nitrogens with one attached hydrogen (secondary N) is 4. The molecule has 3 amide bonds. The van der Waals surface area contributed by atoms with E-state index in [1.165, 1.54) is 51.1 Å². The number of aliphatic hydroxyl groups is 16. The number of amides is 3. The minimum atomic E-state index is -5.05. The molecule has 6 aliphatic rings. The molecule has 112 heavy (non-hydrogen) atoms. The molecule has 6 aliphatic heterocycles. The number of aliphatic carboxylic acids is 1. The third-order valence-electron chi connectivity index (χ3n) is 20.2. The fraction of sp³-hybridized carbons (Fsp3) is 0.618. The summed E-state index contributed by atoms with van der Waals surface area (Å²) in [6.07, 6.45) is -55.4. The van der Waals surface area contributed by atoms with Crippen LogP contribution in [0.2, 0.25) is 0 Å². The fourth-order valence-electron chi connectivity index (χ4n) is 14.3. The van der Waals surface area contributed by atoms with Gasteiger partial charge in [-0.1, -0.05) is 31.2 Å². The SMILES string of the molecule is CC(=O)NC1C(Nc2cccc(-c3ccc(C(=O)Nc4ccc(S(=O)(=O)O)c5cc(C)cc(S(=O)(=O)O)c45)cc3)c2)OC(CO)C(OC2OC(CO)C(O)C(OC3OC(CO)C(OC4OC(C)C(O)C(O)C4O)C(OC4OC(CO)C(O)C(OC5(C(=O)O)CC(O)C(C)C([C@@H](O)[C@@H](O)CO)O5)C4O)C3NC(C)=O)C2O)C1O. The smallest absolute Gasteiger partial charge is 0.364 e. The van der Waals surface area contributed by atoms with Crippen molar-refractivity contribution >= 4 is 66.1 Å². The van der Waals surface area contributed by atoms with Gasteiger partial charge in [-0.15, -0.1) is 0 Å². The number of aryl methyl sites for hydroxylation is 1. The lowest BCUT2D eigenvalue weighted by molar-refractivity contribution is -0.398. The number of hydrogen-bond donors (Lipinski definition) is 23. The van der Waals surface area contributed by atoms with Gasteiger partial charge in [-0.3, -0.25) is 23.5 Å². The van der Waals surface area contributed by atoms with Crippen LogP contribution in [-0.2, 0) is 86.7 Å². The molecule has 31 atom stereocenters. The van der Waals surface area contributed by atoms with E-state index < -0.39 is 288 Å². The highest BCUT2D eigenvalue weighted by atomic mass is 32.2. The van der Waals surface area contributed by atoms with E-state index in [2.05, 4.69) is 21.3 Å². The minimum Gasteiger partial charge on any atom is -0.477 e. The van der Waals surface area contributed by atoms with Gasteiger partial charge in [-0.2, -0.15) is 16.8 Å². The van der Waals surface area contributed by atoms with Crippen LogP contribution >= 0.6 is 0 Å². The maximum Gasteiger partial charge on any atom is 0.364 e. The average Bonchev–Trinajstić information content (AvgIpc) is 0.767. The molecule has 42 nitrogen and oxygen atoms in total. The predicted octanol–water partition coefficient (Wildman–Crippen LogP) is -7.31. The molecule has 6 heterocycles. The Hall–Kier alpha value is -6.44. The van der Waals surface area contributed by atoms with Crippen molar-refractivity contribution in [3.8, 4) is 11.1 Å². The Labute approximate surface area is 637 Å². The Balaban J connectivity index is 0.902. The molecule has 0 aromatic heterocycles. The van der Waals surface area contributed by atoms with Crippen molar-refractivity contribution in [2.75, 3.05) is 43.7 Å². The monoisotopic (exact) mass is 1640 g/mol. The minimum absolute atomic E-state index is 0.000781. The van der Waals surface area contributed by atoms with E-state index in [1.807, 2.05) is 0 Å². The topological polar surface area (TPSA) is 671 Å². The summed E-state index contributed by atoms with van der Waals surface area (Å²) in [6.45, 7) is 0.401. The number of rotatable bonds is 27. The van der Waals surface area contributed by atoms with Crippen molar-refractivity contribution in [1.82, 2.24) is 10.6 Å². The largest absolute Gasteiger partial charge is 0.477 e. The Morgan fingerprint density at radius 2 is 1.11 bits per heavy atom. The predicted molar refractivity (Wildman–Crippen MR) is 371 cm³/mol. The van der Waals surface area contributed by atoms with Gasteiger partial charge in [-0.05, 0) is 79.1 Å². The van der Waals surface area contributed by atoms with Crippen molar-refractivity contribution in [1.29, 1.82) is 0 Å². The van der Waals surface area contributed by atoms with Crippen molar-refractivity contribution in [3.63, 3.8) is 0 Å². The third kappa shape index (κ3) is 18.7. The Morgan fingerprint density at radius 3 is 1.69 bits per heavy atom. The van der Waals surface area contributed by atoms with E-state index in [-0.39, 0.29) is 27.9 Å². The lowest BCUT2D eigenvalue weighted by Gasteiger charge is -2.52. The van der Waals surface area contributed by atoms with Gasteiger partial charge in [-0.25, -0.2) is 4.79 Å². The number of aliphatic hydroxyl groups excluding tert-OH is 16. The first kappa shape index (κ1) is 87.9. The molecule has 44 heteroatoms. The van der Waals surface area contributed by atoms with Crippen LogP contribution in [0.25, 0.3) is 21.9 Å². The van der Waals surface area contributed by atoms with E-state index in [0.29, 0.717) is 11.1 Å². The molecular formula is C68H92N4O38S2. The number of carboxylic acids is 1. The molecule has 23 N–H and O–H groups in total. The summed E-state index contributed by atoms with van der Waals surface area (Å²) in [6, 6.07) is 12.9. The first-order valence-corrected chi connectivity index (χ1v) is 37.9. The lowest BCUT2D eigenvalue weighted by atomic mass is 9.84. The second kappa shape index (κ2) is 36.0. The summed E-state index contributed by atoms with van der Waals surface area (Å²) in [7, 11) is -10.00. The van der Waals surface area contributed by atoms with Crippen molar-refractivity contribution < 1.29 is 184 Å². The normalized spacial score (nSPS) is 37.3. The molecule has 0 aliphatic carbocycles. The van der Waals surface area contributed by atoms with Crippen LogP contribution in [0.15, 0.2) is 82.6 Å². The quantitative estimate of drug-likeness (QED) is 0.0247.